The van der Waals surface area contributed by atoms with Gasteiger partial charge >= 0.3 is 0 Å². The van der Waals surface area contributed by atoms with Gasteiger partial charge in [0.05, 0.1) is 5.92 Å². The molecule has 7 nitrogen and oxygen atoms in total. The zero-order valence-corrected chi connectivity index (χ0v) is 18.2. The molecule has 2 aromatic rings. The summed E-state index contributed by atoms with van der Waals surface area (Å²) in [5, 5.41) is 6.72. The maximum atomic E-state index is 11.6. The Labute approximate surface area is 182 Å². The van der Waals surface area contributed by atoms with Gasteiger partial charge in [0.15, 0.2) is 5.96 Å². The van der Waals surface area contributed by atoms with Gasteiger partial charge in [0.1, 0.15) is 5.82 Å². The van der Waals surface area contributed by atoms with Crippen LogP contribution in [0.3, 0.4) is 0 Å². The molecule has 3 rings (SSSR count). The van der Waals surface area contributed by atoms with E-state index in [1.807, 2.05) is 23.9 Å². The molecule has 8 heteroatoms. The molecule has 2 heterocycles. The van der Waals surface area contributed by atoms with Gasteiger partial charge in [0.25, 0.3) is 0 Å². The van der Waals surface area contributed by atoms with Crippen LogP contribution < -0.4 is 21.3 Å². The van der Waals surface area contributed by atoms with E-state index in [0.717, 1.165) is 49.0 Å². The van der Waals surface area contributed by atoms with Crippen molar-refractivity contribution in [1.82, 2.24) is 15.6 Å². The third-order valence-corrected chi connectivity index (χ3v) is 6.08. The highest BCUT2D eigenvalue weighted by atomic mass is 32.2. The number of benzene rings is 1. The van der Waals surface area contributed by atoms with Gasteiger partial charge in [-0.1, -0.05) is 24.3 Å². The van der Waals surface area contributed by atoms with Crippen LogP contribution in [-0.2, 0) is 11.3 Å². The number of nitrogens with one attached hydrogen (secondary N) is 2. The second-order valence-electron chi connectivity index (χ2n) is 7.19. The number of thioether (sulfide) groups is 1. The summed E-state index contributed by atoms with van der Waals surface area (Å²) in [5.41, 5.74) is 6.61. The fourth-order valence-corrected chi connectivity index (χ4v) is 4.30. The number of anilines is 1. The molecule has 160 valence electrons. The van der Waals surface area contributed by atoms with Gasteiger partial charge in [0.2, 0.25) is 5.91 Å². The molecule has 1 aliphatic heterocycles. The number of aliphatic imine (C=N–C) groups is 1. The van der Waals surface area contributed by atoms with Crippen molar-refractivity contribution >= 4 is 29.4 Å². The second kappa shape index (κ2) is 11.4. The first-order chi connectivity index (χ1) is 14.7. The average molecular weight is 427 g/mol. The summed E-state index contributed by atoms with van der Waals surface area (Å²) in [7, 11) is 1.77. The maximum Gasteiger partial charge on any atom is 0.222 e. The standard InChI is InChI=1S/C22H30N6OS/c1-24-22(26-12-14-30-19-9-3-2-4-10-19)27-15-17-7-5-11-25-21(17)28-13-6-8-18(16-28)20(23)29/h2-5,7,9-11,18H,6,8,12-16H2,1H3,(H2,23,29)(H2,24,26,27). The molecule has 1 aromatic carbocycles. The fraction of sp³-hybridized carbons (Fsp3) is 0.409. The summed E-state index contributed by atoms with van der Waals surface area (Å²) in [4.78, 5) is 23.9. The van der Waals surface area contributed by atoms with Crippen LogP contribution in [-0.4, -0.2) is 49.3 Å². The van der Waals surface area contributed by atoms with E-state index in [9.17, 15) is 4.79 Å². The van der Waals surface area contributed by atoms with Gasteiger partial charge < -0.3 is 21.3 Å². The smallest absolute Gasteiger partial charge is 0.222 e. The molecule has 0 aliphatic carbocycles. The average Bonchev–Trinajstić information content (AvgIpc) is 2.79. The van der Waals surface area contributed by atoms with E-state index in [1.54, 1.807) is 13.2 Å². The number of amides is 1. The fourth-order valence-electron chi connectivity index (χ4n) is 3.51. The Balaban J connectivity index is 1.51. The maximum absolute atomic E-state index is 11.6. The summed E-state index contributed by atoms with van der Waals surface area (Å²) in [6.45, 7) is 2.93. The van der Waals surface area contributed by atoms with Gasteiger partial charge in [0, 0.05) is 55.6 Å². The van der Waals surface area contributed by atoms with Crippen LogP contribution in [0.15, 0.2) is 58.5 Å². The van der Waals surface area contributed by atoms with E-state index >= 15 is 0 Å². The predicted molar refractivity (Wildman–Crippen MR) is 124 cm³/mol. The number of guanidine groups is 1. The van der Waals surface area contributed by atoms with Gasteiger partial charge in [-0.3, -0.25) is 9.79 Å². The van der Waals surface area contributed by atoms with Crippen LogP contribution >= 0.6 is 11.8 Å². The van der Waals surface area contributed by atoms with Crippen molar-refractivity contribution in [2.45, 2.75) is 24.3 Å². The van der Waals surface area contributed by atoms with Gasteiger partial charge in [-0.25, -0.2) is 4.98 Å². The SMILES string of the molecule is CN=C(NCCSc1ccccc1)NCc1cccnc1N1CCCC(C(N)=O)C1. The van der Waals surface area contributed by atoms with E-state index in [4.69, 9.17) is 5.73 Å². The summed E-state index contributed by atoms with van der Waals surface area (Å²) < 4.78 is 0. The Morgan fingerprint density at radius 3 is 2.87 bits per heavy atom. The quantitative estimate of drug-likeness (QED) is 0.259. The third kappa shape index (κ3) is 6.38. The molecule has 1 fully saturated rings. The topological polar surface area (TPSA) is 95.6 Å². The second-order valence-corrected chi connectivity index (χ2v) is 8.36. The Morgan fingerprint density at radius 2 is 2.10 bits per heavy atom. The molecule has 1 aromatic heterocycles. The molecular weight excluding hydrogens is 396 g/mol. The summed E-state index contributed by atoms with van der Waals surface area (Å²) in [5.74, 6) is 2.27. The van der Waals surface area contributed by atoms with Crippen LogP contribution in [0.2, 0.25) is 0 Å². The van der Waals surface area contributed by atoms with Crippen LogP contribution in [0.4, 0.5) is 5.82 Å². The van der Waals surface area contributed by atoms with Gasteiger partial charge in [-0.2, -0.15) is 0 Å². The number of aromatic nitrogens is 1. The highest BCUT2D eigenvalue weighted by molar-refractivity contribution is 7.99. The van der Waals surface area contributed by atoms with E-state index in [2.05, 4.69) is 55.8 Å². The number of rotatable bonds is 8. The Morgan fingerprint density at radius 1 is 1.27 bits per heavy atom. The van der Waals surface area contributed by atoms with E-state index in [0.29, 0.717) is 13.1 Å². The number of nitrogens with two attached hydrogens (primary N) is 1. The zero-order chi connectivity index (χ0) is 21.2. The number of carbonyl (C=O) groups excluding carboxylic acids is 1. The van der Waals surface area contributed by atoms with Crippen molar-refractivity contribution in [1.29, 1.82) is 0 Å². The van der Waals surface area contributed by atoms with Crippen molar-refractivity contribution in [3.05, 3.63) is 54.2 Å². The monoisotopic (exact) mass is 426 g/mol. The van der Waals surface area contributed by atoms with Crippen LogP contribution in [0.25, 0.3) is 0 Å². The lowest BCUT2D eigenvalue weighted by Crippen LogP contribution is -2.42. The first-order valence-electron chi connectivity index (χ1n) is 10.3. The van der Waals surface area contributed by atoms with Crippen molar-refractivity contribution in [2.24, 2.45) is 16.6 Å². The summed E-state index contributed by atoms with van der Waals surface area (Å²) in [6, 6.07) is 14.4. The minimum absolute atomic E-state index is 0.113. The number of carbonyl (C=O) groups is 1. The van der Waals surface area contributed by atoms with Crippen molar-refractivity contribution < 1.29 is 4.79 Å². The number of piperidine rings is 1. The Kier molecular flexibility index (Phi) is 8.38. The molecule has 0 radical (unpaired) electrons. The summed E-state index contributed by atoms with van der Waals surface area (Å²) in [6.07, 6.45) is 3.59. The van der Waals surface area contributed by atoms with Gasteiger partial charge in [-0.15, -0.1) is 11.8 Å². The van der Waals surface area contributed by atoms with Crippen LogP contribution in [0, 0.1) is 5.92 Å². The van der Waals surface area contributed by atoms with Crippen LogP contribution in [0.1, 0.15) is 18.4 Å². The molecule has 1 saturated heterocycles. The highest BCUT2D eigenvalue weighted by Crippen LogP contribution is 2.24. The number of hydrogen-bond donors (Lipinski definition) is 3. The van der Waals surface area contributed by atoms with Crippen molar-refractivity contribution in [3.63, 3.8) is 0 Å². The third-order valence-electron chi connectivity index (χ3n) is 5.07. The highest BCUT2D eigenvalue weighted by Gasteiger charge is 2.25. The number of pyridine rings is 1. The Hall–Kier alpha value is -2.74. The van der Waals surface area contributed by atoms with E-state index in [-0.39, 0.29) is 11.8 Å². The van der Waals surface area contributed by atoms with Crippen LogP contribution in [0.5, 0.6) is 0 Å². The number of nitrogens with zero attached hydrogens (tertiary/aromatic N) is 3. The van der Waals surface area contributed by atoms with E-state index < -0.39 is 0 Å². The minimum Gasteiger partial charge on any atom is -0.369 e. The lowest BCUT2D eigenvalue weighted by atomic mass is 9.97. The lowest BCUT2D eigenvalue weighted by Gasteiger charge is -2.33. The summed E-state index contributed by atoms with van der Waals surface area (Å²) >= 11 is 1.81. The number of hydrogen-bond acceptors (Lipinski definition) is 5. The molecule has 1 amide bonds. The lowest BCUT2D eigenvalue weighted by molar-refractivity contribution is -0.122. The molecule has 1 unspecified atom stereocenters. The minimum atomic E-state index is -0.228. The molecule has 4 N–H and O–H groups in total. The predicted octanol–water partition coefficient (Wildman–Crippen LogP) is 2.24. The van der Waals surface area contributed by atoms with Crippen molar-refractivity contribution in [2.75, 3.05) is 37.3 Å². The molecule has 0 saturated carbocycles. The Bertz CT molecular complexity index is 845. The molecule has 30 heavy (non-hydrogen) atoms. The molecule has 1 aliphatic rings. The molecular formula is C22H30N6OS. The largest absolute Gasteiger partial charge is 0.369 e. The van der Waals surface area contributed by atoms with E-state index in [1.165, 1.54) is 4.90 Å². The molecule has 1 atom stereocenters. The number of primary amides is 1. The zero-order valence-electron chi connectivity index (χ0n) is 17.4. The molecule has 0 bridgehead atoms. The normalized spacial score (nSPS) is 16.9. The first kappa shape index (κ1) is 22.0. The van der Waals surface area contributed by atoms with Gasteiger partial charge in [-0.05, 0) is 31.0 Å². The molecule has 0 spiro atoms. The first-order valence-corrected chi connectivity index (χ1v) is 11.3. The van der Waals surface area contributed by atoms with Crippen molar-refractivity contribution in [3.8, 4) is 0 Å².